The Morgan fingerprint density at radius 3 is 2.50 bits per heavy atom. The lowest BCUT2D eigenvalue weighted by molar-refractivity contribution is -0.180. The minimum atomic E-state index is -1.68. The van der Waals surface area contributed by atoms with Crippen molar-refractivity contribution in [2.75, 3.05) is 0 Å². The summed E-state index contributed by atoms with van der Waals surface area (Å²) in [5, 5.41) is 9.23. The maximum absolute atomic E-state index is 11.3. The average molecular weight is 296 g/mol. The van der Waals surface area contributed by atoms with Crippen LogP contribution < -0.4 is 0 Å². The Balaban J connectivity index is 3.06. The first kappa shape index (κ1) is 16.5. The molecule has 1 aliphatic heterocycles. The lowest BCUT2D eigenvalue weighted by atomic mass is 9.90. The average Bonchev–Trinajstić information content (AvgIpc) is 2.68. The second-order valence-electron chi connectivity index (χ2n) is 5.81. The normalized spacial score (nSPS) is 26.6. The molecule has 110 valence electrons. The molecule has 0 fully saturated rings. The Labute approximate surface area is 120 Å². The zero-order valence-electron chi connectivity index (χ0n) is 12.4. The van der Waals surface area contributed by atoms with Gasteiger partial charge in [0.1, 0.15) is 8.07 Å². The first-order valence-electron chi connectivity index (χ1n) is 6.37. The van der Waals surface area contributed by atoms with E-state index in [2.05, 4.69) is 31.1 Å². The van der Waals surface area contributed by atoms with Crippen LogP contribution in [0.4, 0.5) is 0 Å². The van der Waals surface area contributed by atoms with Crippen molar-refractivity contribution < 1.29 is 24.2 Å². The number of ether oxygens (including phenoxy) is 2. The van der Waals surface area contributed by atoms with E-state index >= 15 is 0 Å². The van der Waals surface area contributed by atoms with Gasteiger partial charge in [0.15, 0.2) is 5.60 Å². The topological polar surface area (TPSA) is 72.8 Å². The van der Waals surface area contributed by atoms with Gasteiger partial charge in [0, 0.05) is 6.92 Å². The molecule has 5 nitrogen and oxygen atoms in total. The van der Waals surface area contributed by atoms with Gasteiger partial charge in [-0.3, -0.25) is 9.59 Å². The largest absolute Gasteiger partial charge is 0.481 e. The van der Waals surface area contributed by atoms with Gasteiger partial charge in [0.25, 0.3) is 0 Å². The molecule has 20 heavy (non-hydrogen) atoms. The maximum atomic E-state index is 11.3. The van der Waals surface area contributed by atoms with E-state index in [9.17, 15) is 14.7 Å². The molecule has 0 amide bonds. The van der Waals surface area contributed by atoms with Gasteiger partial charge >= 0.3 is 11.9 Å². The van der Waals surface area contributed by atoms with Crippen LogP contribution in [0, 0.1) is 17.4 Å². The molecule has 0 aromatic heterocycles. The van der Waals surface area contributed by atoms with Crippen LogP contribution in [-0.4, -0.2) is 37.0 Å². The third kappa shape index (κ3) is 4.22. The molecule has 1 rings (SSSR count). The highest BCUT2D eigenvalue weighted by Gasteiger charge is 2.44. The minimum Gasteiger partial charge on any atom is -0.481 e. The van der Waals surface area contributed by atoms with Crippen molar-refractivity contribution in [1.29, 1.82) is 0 Å². The second-order valence-corrected chi connectivity index (χ2v) is 10.6. The van der Waals surface area contributed by atoms with Gasteiger partial charge in [-0.25, -0.2) is 0 Å². The first-order valence-corrected chi connectivity index (χ1v) is 9.87. The van der Waals surface area contributed by atoms with Gasteiger partial charge in [-0.05, 0) is 19.1 Å². The fraction of sp³-hybridized carbons (Fsp3) is 0.571. The summed E-state index contributed by atoms with van der Waals surface area (Å²) < 4.78 is 10.5. The highest BCUT2D eigenvalue weighted by atomic mass is 28.3. The Morgan fingerprint density at radius 2 is 2.05 bits per heavy atom. The molecule has 0 saturated carbocycles. The fourth-order valence-corrected chi connectivity index (χ4v) is 2.18. The highest BCUT2D eigenvalue weighted by Crippen LogP contribution is 2.31. The van der Waals surface area contributed by atoms with E-state index in [1.165, 1.54) is 19.9 Å². The van der Waals surface area contributed by atoms with Crippen LogP contribution in [0.5, 0.6) is 0 Å². The summed E-state index contributed by atoms with van der Waals surface area (Å²) in [4.78, 5) is 22.2. The molecular formula is C14H20O5Si. The van der Waals surface area contributed by atoms with Gasteiger partial charge in [0.2, 0.25) is 6.29 Å². The quantitative estimate of drug-likeness (QED) is 0.372. The van der Waals surface area contributed by atoms with Gasteiger partial charge in [-0.1, -0.05) is 25.6 Å². The molecule has 0 spiro atoms. The molecular weight excluding hydrogens is 276 g/mol. The number of aliphatic carboxylic acids is 1. The number of carboxylic acids is 1. The number of esters is 1. The van der Waals surface area contributed by atoms with E-state index in [1.807, 2.05) is 0 Å². The molecule has 6 heteroatoms. The number of carboxylic acid groups (broad SMARTS) is 1. The Morgan fingerprint density at radius 1 is 1.45 bits per heavy atom. The number of rotatable bonds is 3. The van der Waals surface area contributed by atoms with Gasteiger partial charge < -0.3 is 14.6 Å². The molecule has 0 aromatic rings. The van der Waals surface area contributed by atoms with E-state index in [4.69, 9.17) is 9.47 Å². The number of carbonyl (C=O) groups is 2. The smallest absolute Gasteiger partial charge is 0.310 e. The summed E-state index contributed by atoms with van der Waals surface area (Å²) in [6.45, 7) is 8.97. The van der Waals surface area contributed by atoms with E-state index in [1.54, 1.807) is 6.08 Å². The minimum absolute atomic E-state index is 0.489. The SMILES string of the molecule is CC(=O)OC1C=C[C@](C#C[Si](C)(C)C)(C(C)C(=O)O)O1. The van der Waals surface area contributed by atoms with Gasteiger partial charge in [-0.15, -0.1) is 5.54 Å². The highest BCUT2D eigenvalue weighted by molar-refractivity contribution is 6.83. The van der Waals surface area contributed by atoms with Gasteiger partial charge in [0.05, 0.1) is 5.92 Å². The number of hydrogen-bond acceptors (Lipinski definition) is 4. The monoisotopic (exact) mass is 296 g/mol. The van der Waals surface area contributed by atoms with Crippen LogP contribution in [0.3, 0.4) is 0 Å². The van der Waals surface area contributed by atoms with Crippen LogP contribution in [0.15, 0.2) is 12.2 Å². The number of hydrogen-bond donors (Lipinski definition) is 1. The van der Waals surface area contributed by atoms with Gasteiger partial charge in [-0.2, -0.15) is 0 Å². The molecule has 1 heterocycles. The zero-order chi connectivity index (χ0) is 15.6. The summed E-state index contributed by atoms with van der Waals surface area (Å²) in [5.41, 5.74) is 1.88. The molecule has 3 atom stereocenters. The molecule has 0 saturated heterocycles. The summed E-state index contributed by atoms with van der Waals surface area (Å²) in [6, 6.07) is 0. The molecule has 0 aromatic carbocycles. The fourth-order valence-electron chi connectivity index (χ4n) is 1.61. The molecule has 0 aliphatic carbocycles. The molecule has 2 unspecified atom stereocenters. The standard InChI is InChI=1S/C14H20O5Si/c1-10(13(16)17)14(8-9-20(3,4)5)7-6-12(19-14)18-11(2)15/h6-7,10,12H,1-5H3,(H,16,17)/t10?,12?,14-/m0/s1. The van der Waals surface area contributed by atoms with Crippen LogP contribution >= 0.6 is 0 Å². The van der Waals surface area contributed by atoms with Crippen LogP contribution in [0.25, 0.3) is 0 Å². The summed E-state index contributed by atoms with van der Waals surface area (Å²) in [7, 11) is -1.68. The third-order valence-electron chi connectivity index (χ3n) is 2.74. The lowest BCUT2D eigenvalue weighted by Gasteiger charge is -2.27. The number of carbonyl (C=O) groups excluding carboxylic acids is 1. The zero-order valence-corrected chi connectivity index (χ0v) is 13.4. The maximum Gasteiger partial charge on any atom is 0.310 e. The van der Waals surface area contributed by atoms with Crippen molar-refractivity contribution in [3.8, 4) is 11.5 Å². The van der Waals surface area contributed by atoms with E-state index in [0.29, 0.717) is 0 Å². The van der Waals surface area contributed by atoms with Crippen molar-refractivity contribution in [2.45, 2.75) is 45.4 Å². The molecule has 1 N–H and O–H groups in total. The Hall–Kier alpha value is -1.58. The first-order chi connectivity index (χ1) is 9.06. The summed E-state index contributed by atoms with van der Waals surface area (Å²) >= 11 is 0. The lowest BCUT2D eigenvalue weighted by Crippen LogP contribution is -2.41. The van der Waals surface area contributed by atoms with Crippen molar-refractivity contribution in [3.63, 3.8) is 0 Å². The second kappa shape index (κ2) is 5.81. The van der Waals surface area contributed by atoms with Crippen molar-refractivity contribution >= 4 is 20.0 Å². The molecule has 1 aliphatic rings. The van der Waals surface area contributed by atoms with Crippen molar-refractivity contribution in [1.82, 2.24) is 0 Å². The predicted molar refractivity (Wildman–Crippen MR) is 76.4 cm³/mol. The molecule has 0 radical (unpaired) electrons. The third-order valence-corrected chi connectivity index (χ3v) is 3.62. The van der Waals surface area contributed by atoms with E-state index in [0.717, 1.165) is 0 Å². The predicted octanol–water partition coefficient (Wildman–Crippen LogP) is 1.80. The van der Waals surface area contributed by atoms with Crippen molar-refractivity contribution in [3.05, 3.63) is 12.2 Å². The van der Waals surface area contributed by atoms with Crippen molar-refractivity contribution in [2.24, 2.45) is 5.92 Å². The molecule has 0 bridgehead atoms. The Bertz CT molecular complexity index is 494. The van der Waals surface area contributed by atoms with E-state index in [-0.39, 0.29) is 0 Å². The van der Waals surface area contributed by atoms with Crippen LogP contribution in [0.1, 0.15) is 13.8 Å². The Kier molecular flexibility index (Phi) is 4.79. The van der Waals surface area contributed by atoms with E-state index < -0.39 is 37.8 Å². The summed E-state index contributed by atoms with van der Waals surface area (Å²) in [6.07, 6.45) is 2.22. The van der Waals surface area contributed by atoms with Crippen LogP contribution in [0.2, 0.25) is 19.6 Å². The van der Waals surface area contributed by atoms with Crippen LogP contribution in [-0.2, 0) is 19.1 Å². The summed E-state index contributed by atoms with van der Waals surface area (Å²) in [5.74, 6) is 0.591.